The molecule has 0 saturated heterocycles. The number of aromatic carboxylic acids is 1. The van der Waals surface area contributed by atoms with E-state index in [1.807, 2.05) is 0 Å². The van der Waals surface area contributed by atoms with E-state index < -0.39 is 5.97 Å². The number of thiazole rings is 1. The first-order valence-corrected chi connectivity index (χ1v) is 5.77. The van der Waals surface area contributed by atoms with E-state index in [0.29, 0.717) is 10.8 Å². The van der Waals surface area contributed by atoms with Gasteiger partial charge in [0.2, 0.25) is 0 Å². The largest absolute Gasteiger partial charge is 0.477 e. The van der Waals surface area contributed by atoms with E-state index in [-0.39, 0.29) is 0 Å². The summed E-state index contributed by atoms with van der Waals surface area (Å²) in [4.78, 5) is 15.8. The molecule has 0 atom stereocenters. The van der Waals surface area contributed by atoms with Gasteiger partial charge in [0.15, 0.2) is 0 Å². The third-order valence-electron chi connectivity index (χ3n) is 2.32. The number of carboxylic acids is 1. The predicted molar refractivity (Wildman–Crippen MR) is 55.0 cm³/mol. The molecule has 1 aromatic rings. The summed E-state index contributed by atoms with van der Waals surface area (Å²) in [7, 11) is 0. The molecule has 1 aliphatic rings. The lowest BCUT2D eigenvalue weighted by Gasteiger charge is -1.91. The maximum Gasteiger partial charge on any atom is 0.347 e. The maximum atomic E-state index is 10.9. The Labute approximate surface area is 86.8 Å². The Bertz CT molecular complexity index is 355. The van der Waals surface area contributed by atoms with E-state index in [4.69, 9.17) is 5.11 Å². The number of carboxylic acid groups (broad SMARTS) is 1. The minimum absolute atomic E-state index is 0.433. The quantitative estimate of drug-likeness (QED) is 0.833. The fourth-order valence-electron chi connectivity index (χ4n) is 1.49. The minimum atomic E-state index is -0.813. The van der Waals surface area contributed by atoms with Gasteiger partial charge in [-0.25, -0.2) is 9.78 Å². The van der Waals surface area contributed by atoms with E-state index in [2.05, 4.69) is 11.9 Å². The van der Waals surface area contributed by atoms with Crippen molar-refractivity contribution >= 4 is 17.3 Å². The van der Waals surface area contributed by atoms with Gasteiger partial charge in [-0.15, -0.1) is 11.3 Å². The highest BCUT2D eigenvalue weighted by molar-refractivity contribution is 7.13. The summed E-state index contributed by atoms with van der Waals surface area (Å²) in [5.74, 6) is -0.380. The highest BCUT2D eigenvalue weighted by Gasteiger charge is 2.31. The number of nitrogens with zero attached hydrogens (tertiary/aromatic N) is 1. The molecule has 1 aliphatic carbocycles. The van der Waals surface area contributed by atoms with Crippen LogP contribution in [0.3, 0.4) is 0 Å². The minimum Gasteiger partial charge on any atom is -0.477 e. The molecule has 0 spiro atoms. The molecule has 0 bridgehead atoms. The molecule has 4 heteroatoms. The van der Waals surface area contributed by atoms with Crippen LogP contribution in [0.1, 0.15) is 52.5 Å². The van der Waals surface area contributed by atoms with E-state index in [9.17, 15) is 4.79 Å². The number of carbonyl (C=O) groups is 1. The van der Waals surface area contributed by atoms with Crippen LogP contribution in [0.5, 0.6) is 0 Å². The molecule has 1 fully saturated rings. The number of aryl methyl sites for hydroxylation is 1. The molecule has 14 heavy (non-hydrogen) atoms. The van der Waals surface area contributed by atoms with Crippen LogP contribution in [0.15, 0.2) is 0 Å². The van der Waals surface area contributed by atoms with Crippen LogP contribution in [-0.4, -0.2) is 16.1 Å². The Morgan fingerprint density at radius 2 is 2.36 bits per heavy atom. The Hall–Kier alpha value is -0.900. The summed E-state index contributed by atoms with van der Waals surface area (Å²) in [6.07, 6.45) is 4.14. The van der Waals surface area contributed by atoms with Gasteiger partial charge in [-0.1, -0.05) is 6.92 Å². The number of aromatic nitrogens is 1. The average molecular weight is 211 g/mol. The smallest absolute Gasteiger partial charge is 0.347 e. The van der Waals surface area contributed by atoms with Crippen LogP contribution >= 0.6 is 11.3 Å². The molecule has 0 aromatic carbocycles. The third-order valence-corrected chi connectivity index (χ3v) is 3.44. The van der Waals surface area contributed by atoms with Gasteiger partial charge < -0.3 is 5.11 Å². The van der Waals surface area contributed by atoms with Gasteiger partial charge in [0.05, 0.1) is 10.7 Å². The van der Waals surface area contributed by atoms with Crippen molar-refractivity contribution in [2.45, 2.75) is 38.5 Å². The zero-order valence-electron chi connectivity index (χ0n) is 8.12. The standard InChI is InChI=1S/C10H13NO2S/c1-2-3-7-11-8(6-4-5-6)9(14-7)10(12)13/h6H,2-5H2,1H3,(H,12,13). The van der Waals surface area contributed by atoms with Crippen LogP contribution in [-0.2, 0) is 6.42 Å². The highest BCUT2D eigenvalue weighted by Crippen LogP contribution is 2.42. The van der Waals surface area contributed by atoms with Crippen LogP contribution < -0.4 is 0 Å². The normalized spacial score (nSPS) is 15.8. The van der Waals surface area contributed by atoms with Crippen molar-refractivity contribution in [3.63, 3.8) is 0 Å². The second kappa shape index (κ2) is 3.69. The zero-order valence-corrected chi connectivity index (χ0v) is 8.93. The second-order valence-electron chi connectivity index (χ2n) is 3.65. The first kappa shape index (κ1) is 9.65. The van der Waals surface area contributed by atoms with Gasteiger partial charge in [0.1, 0.15) is 4.88 Å². The van der Waals surface area contributed by atoms with Gasteiger partial charge in [0, 0.05) is 5.92 Å². The first-order valence-electron chi connectivity index (χ1n) is 4.95. The molecule has 0 unspecified atom stereocenters. The number of hydrogen-bond acceptors (Lipinski definition) is 3. The zero-order chi connectivity index (χ0) is 10.1. The molecule has 1 aromatic heterocycles. The average Bonchev–Trinajstić information content (AvgIpc) is 2.88. The Morgan fingerprint density at radius 3 is 2.86 bits per heavy atom. The van der Waals surface area contributed by atoms with Crippen molar-refractivity contribution in [1.82, 2.24) is 4.98 Å². The molecule has 2 rings (SSSR count). The van der Waals surface area contributed by atoms with Crippen molar-refractivity contribution in [3.8, 4) is 0 Å². The summed E-state index contributed by atoms with van der Waals surface area (Å²) in [6.45, 7) is 2.08. The van der Waals surface area contributed by atoms with Crippen molar-refractivity contribution in [2.24, 2.45) is 0 Å². The molecule has 1 N–H and O–H groups in total. The number of hydrogen-bond donors (Lipinski definition) is 1. The second-order valence-corrected chi connectivity index (χ2v) is 4.74. The van der Waals surface area contributed by atoms with Gasteiger partial charge >= 0.3 is 5.97 Å². The molecule has 1 heterocycles. The molecule has 1 saturated carbocycles. The Kier molecular flexibility index (Phi) is 2.54. The van der Waals surface area contributed by atoms with Crippen molar-refractivity contribution in [2.75, 3.05) is 0 Å². The lowest BCUT2D eigenvalue weighted by Crippen LogP contribution is -1.97. The molecule has 0 radical (unpaired) electrons. The monoisotopic (exact) mass is 211 g/mol. The van der Waals surface area contributed by atoms with Gasteiger partial charge in [-0.3, -0.25) is 0 Å². The topological polar surface area (TPSA) is 50.2 Å². The van der Waals surface area contributed by atoms with E-state index in [1.54, 1.807) is 0 Å². The van der Waals surface area contributed by atoms with Crippen molar-refractivity contribution < 1.29 is 9.90 Å². The SMILES string of the molecule is CCCc1nc(C2CC2)c(C(=O)O)s1. The fourth-order valence-corrected chi connectivity index (χ4v) is 2.58. The summed E-state index contributed by atoms with van der Waals surface area (Å²) in [6, 6.07) is 0. The summed E-state index contributed by atoms with van der Waals surface area (Å²) >= 11 is 1.35. The molecule has 0 aliphatic heterocycles. The third kappa shape index (κ3) is 1.80. The molecule has 3 nitrogen and oxygen atoms in total. The van der Waals surface area contributed by atoms with E-state index in [0.717, 1.165) is 36.4 Å². The summed E-state index contributed by atoms with van der Waals surface area (Å²) < 4.78 is 0. The molecular formula is C10H13NO2S. The molecule has 76 valence electrons. The molecular weight excluding hydrogens is 198 g/mol. The first-order chi connectivity index (χ1) is 6.72. The predicted octanol–water partition coefficient (Wildman–Crippen LogP) is 2.67. The van der Waals surface area contributed by atoms with Crippen LogP contribution in [0.4, 0.5) is 0 Å². The fraction of sp³-hybridized carbons (Fsp3) is 0.600. The summed E-state index contributed by atoms with van der Waals surface area (Å²) in [5.41, 5.74) is 0.839. The molecule has 0 amide bonds. The van der Waals surface area contributed by atoms with Gasteiger partial charge in [-0.2, -0.15) is 0 Å². The van der Waals surface area contributed by atoms with Crippen LogP contribution in [0.2, 0.25) is 0 Å². The van der Waals surface area contributed by atoms with Gasteiger partial charge in [-0.05, 0) is 25.7 Å². The lowest BCUT2D eigenvalue weighted by molar-refractivity contribution is 0.0700. The maximum absolute atomic E-state index is 10.9. The van der Waals surface area contributed by atoms with Crippen molar-refractivity contribution in [1.29, 1.82) is 0 Å². The Morgan fingerprint density at radius 1 is 1.64 bits per heavy atom. The highest BCUT2D eigenvalue weighted by atomic mass is 32.1. The lowest BCUT2D eigenvalue weighted by atomic mass is 10.2. The van der Waals surface area contributed by atoms with Crippen molar-refractivity contribution in [3.05, 3.63) is 15.6 Å². The van der Waals surface area contributed by atoms with E-state index >= 15 is 0 Å². The number of rotatable bonds is 4. The van der Waals surface area contributed by atoms with Gasteiger partial charge in [0.25, 0.3) is 0 Å². The summed E-state index contributed by atoms with van der Waals surface area (Å²) in [5, 5.41) is 9.97. The van der Waals surface area contributed by atoms with Crippen LogP contribution in [0, 0.1) is 0 Å². The van der Waals surface area contributed by atoms with Crippen LogP contribution in [0.25, 0.3) is 0 Å². The van der Waals surface area contributed by atoms with E-state index in [1.165, 1.54) is 11.3 Å². The Balaban J connectivity index is 2.30.